The van der Waals surface area contributed by atoms with E-state index in [1.165, 1.54) is 10.2 Å². The van der Waals surface area contributed by atoms with Gasteiger partial charge < -0.3 is 9.64 Å². The monoisotopic (exact) mass is 607 g/mol. The van der Waals surface area contributed by atoms with Crippen LogP contribution in [0.5, 0.6) is 0 Å². The maximum absolute atomic E-state index is 13.5. The van der Waals surface area contributed by atoms with Gasteiger partial charge in [0.05, 0.1) is 16.1 Å². The van der Waals surface area contributed by atoms with Crippen LogP contribution in [0.25, 0.3) is 16.6 Å². The number of rotatable bonds is 5. The Kier molecular flexibility index (Phi) is 6.64. The van der Waals surface area contributed by atoms with Gasteiger partial charge in [0.25, 0.3) is 10.0 Å². The van der Waals surface area contributed by atoms with Gasteiger partial charge in [-0.3, -0.25) is 4.40 Å². The second-order valence-electron chi connectivity index (χ2n) is 9.72. The molecule has 0 radical (unpaired) electrons. The van der Waals surface area contributed by atoms with E-state index in [2.05, 4.69) is 20.9 Å². The number of piperidine rings is 1. The number of nitrogens with zero attached hydrogens (tertiary/aromatic N) is 5. The van der Waals surface area contributed by atoms with Crippen LogP contribution in [0.4, 0.5) is 4.79 Å². The van der Waals surface area contributed by atoms with Crippen LogP contribution in [0.3, 0.4) is 0 Å². The fourth-order valence-corrected chi connectivity index (χ4v) is 6.87. The zero-order chi connectivity index (χ0) is 27.1. The number of ether oxygens (including phenoxy) is 1. The van der Waals surface area contributed by atoms with Crippen LogP contribution in [0.1, 0.15) is 35.6 Å². The standard InChI is InChI=1S/C28H26BrN5O4S/c1-19-9-11-22(12-10-19)39(36,37)34-15-13-23-25-24(31-27(29)33(25)18-30-26(23)34)21-8-5-14-32(16-21)28(35)38-17-20-6-3-2-4-7-20/h2-4,6-7,9-13,15,18,21H,5,8,14,16-17H2,1H3. The van der Waals surface area contributed by atoms with Gasteiger partial charge in [-0.1, -0.05) is 48.0 Å². The van der Waals surface area contributed by atoms with Crippen molar-refractivity contribution < 1.29 is 17.9 Å². The minimum atomic E-state index is -3.84. The summed E-state index contributed by atoms with van der Waals surface area (Å²) in [6.45, 7) is 3.20. The number of carbonyl (C=O) groups excluding carboxylic acids is 1. The highest BCUT2D eigenvalue weighted by molar-refractivity contribution is 9.10. The first kappa shape index (κ1) is 25.6. The lowest BCUT2D eigenvalue weighted by atomic mass is 9.94. The molecule has 3 aromatic heterocycles. The molecule has 39 heavy (non-hydrogen) atoms. The molecule has 0 spiro atoms. The number of fused-ring (bicyclic) bond motifs is 3. The van der Waals surface area contributed by atoms with Gasteiger partial charge >= 0.3 is 6.09 Å². The molecule has 1 fully saturated rings. The van der Waals surface area contributed by atoms with E-state index in [1.54, 1.807) is 41.6 Å². The number of halogens is 1. The Morgan fingerprint density at radius 2 is 1.87 bits per heavy atom. The molecule has 9 nitrogen and oxygen atoms in total. The van der Waals surface area contributed by atoms with Crippen molar-refractivity contribution in [2.24, 2.45) is 0 Å². The fourth-order valence-electron chi connectivity index (χ4n) is 5.10. The van der Waals surface area contributed by atoms with Crippen molar-refractivity contribution in [1.29, 1.82) is 0 Å². The first-order valence-corrected chi connectivity index (χ1v) is 14.9. The van der Waals surface area contributed by atoms with Crippen molar-refractivity contribution in [3.05, 3.63) is 94.7 Å². The summed E-state index contributed by atoms with van der Waals surface area (Å²) in [4.78, 5) is 24.1. The lowest BCUT2D eigenvalue weighted by Gasteiger charge is -2.31. The van der Waals surface area contributed by atoms with Gasteiger partial charge in [0.2, 0.25) is 0 Å². The SMILES string of the molecule is Cc1ccc(S(=O)(=O)n2ccc3c2ncn2c(Br)nc(C4CCCN(C(=O)OCc5ccccc5)C4)c32)cc1. The molecule has 1 atom stereocenters. The van der Waals surface area contributed by atoms with Crippen LogP contribution in [-0.4, -0.2) is 50.8 Å². The maximum atomic E-state index is 13.5. The first-order valence-electron chi connectivity index (χ1n) is 12.6. The number of likely N-dealkylation sites (tertiary alicyclic amines) is 1. The van der Waals surface area contributed by atoms with Crippen LogP contribution in [0, 0.1) is 6.92 Å². The second-order valence-corrected chi connectivity index (χ2v) is 12.2. The average molecular weight is 609 g/mol. The van der Waals surface area contributed by atoms with E-state index in [1.807, 2.05) is 41.7 Å². The molecule has 1 saturated heterocycles. The quantitative estimate of drug-likeness (QED) is 0.261. The van der Waals surface area contributed by atoms with Gasteiger partial charge in [-0.25, -0.2) is 27.2 Å². The summed E-state index contributed by atoms with van der Waals surface area (Å²) in [6, 6.07) is 18.1. The third-order valence-electron chi connectivity index (χ3n) is 7.12. The Morgan fingerprint density at radius 3 is 2.64 bits per heavy atom. The molecular weight excluding hydrogens is 582 g/mol. The predicted molar refractivity (Wildman–Crippen MR) is 150 cm³/mol. The lowest BCUT2D eigenvalue weighted by molar-refractivity contribution is 0.0857. The highest BCUT2D eigenvalue weighted by Gasteiger charge is 2.31. The van der Waals surface area contributed by atoms with Gasteiger partial charge in [0.15, 0.2) is 10.4 Å². The highest BCUT2D eigenvalue weighted by atomic mass is 79.9. The van der Waals surface area contributed by atoms with Gasteiger partial charge in [-0.2, -0.15) is 0 Å². The molecule has 1 unspecified atom stereocenters. The number of aryl methyl sites for hydroxylation is 1. The smallest absolute Gasteiger partial charge is 0.410 e. The van der Waals surface area contributed by atoms with Crippen molar-refractivity contribution in [2.45, 2.75) is 37.2 Å². The number of hydrogen-bond donors (Lipinski definition) is 0. The van der Waals surface area contributed by atoms with Gasteiger partial charge in [0, 0.05) is 30.6 Å². The van der Waals surface area contributed by atoms with Crippen molar-refractivity contribution in [3.63, 3.8) is 0 Å². The third kappa shape index (κ3) is 4.70. The van der Waals surface area contributed by atoms with E-state index in [4.69, 9.17) is 9.72 Å². The lowest BCUT2D eigenvalue weighted by Crippen LogP contribution is -2.39. The summed E-state index contributed by atoms with van der Waals surface area (Å²) in [7, 11) is -3.84. The molecule has 0 aliphatic carbocycles. The summed E-state index contributed by atoms with van der Waals surface area (Å²) in [5.74, 6) is -0.0491. The van der Waals surface area contributed by atoms with Crippen molar-refractivity contribution in [1.82, 2.24) is 23.2 Å². The van der Waals surface area contributed by atoms with E-state index in [9.17, 15) is 13.2 Å². The highest BCUT2D eigenvalue weighted by Crippen LogP contribution is 2.35. The van der Waals surface area contributed by atoms with Gasteiger partial charge in [-0.15, -0.1) is 0 Å². The summed E-state index contributed by atoms with van der Waals surface area (Å²) in [5, 5.41) is 0.671. The average Bonchev–Trinajstić information content (AvgIpc) is 3.54. The Balaban J connectivity index is 1.33. The van der Waals surface area contributed by atoms with E-state index in [0.717, 1.165) is 35.2 Å². The molecule has 6 rings (SSSR count). The molecule has 1 amide bonds. The molecule has 5 aromatic rings. The predicted octanol–water partition coefficient (Wildman–Crippen LogP) is 5.51. The largest absolute Gasteiger partial charge is 0.445 e. The molecule has 0 saturated carbocycles. The summed E-state index contributed by atoms with van der Waals surface area (Å²) in [5.41, 5.74) is 3.80. The van der Waals surface area contributed by atoms with Crippen LogP contribution < -0.4 is 0 Å². The van der Waals surface area contributed by atoms with E-state index >= 15 is 0 Å². The van der Waals surface area contributed by atoms with Crippen LogP contribution in [-0.2, 0) is 21.4 Å². The number of benzene rings is 2. The minimum absolute atomic E-state index is 0.0491. The van der Waals surface area contributed by atoms with Crippen LogP contribution in [0.2, 0.25) is 0 Å². The molecule has 0 N–H and O–H groups in total. The van der Waals surface area contributed by atoms with Crippen LogP contribution >= 0.6 is 15.9 Å². The maximum Gasteiger partial charge on any atom is 0.410 e. The molecule has 0 bridgehead atoms. The summed E-state index contributed by atoms with van der Waals surface area (Å²) >= 11 is 3.54. The van der Waals surface area contributed by atoms with Crippen molar-refractivity contribution in [3.8, 4) is 0 Å². The fraction of sp³-hybridized carbons (Fsp3) is 0.250. The number of amides is 1. The number of carbonyl (C=O) groups is 1. The number of imidazole rings is 1. The molecule has 200 valence electrons. The normalized spacial score (nSPS) is 16.2. The summed E-state index contributed by atoms with van der Waals surface area (Å²) < 4.78 is 36.1. The van der Waals surface area contributed by atoms with Gasteiger partial charge in [-0.05, 0) is 59.5 Å². The molecule has 2 aromatic carbocycles. The Morgan fingerprint density at radius 1 is 1.10 bits per heavy atom. The zero-order valence-corrected chi connectivity index (χ0v) is 23.6. The first-order chi connectivity index (χ1) is 18.8. The molecule has 1 aliphatic heterocycles. The Bertz CT molecular complexity index is 1780. The Hall–Kier alpha value is -3.70. The number of hydrogen-bond acceptors (Lipinski definition) is 6. The van der Waals surface area contributed by atoms with E-state index in [-0.39, 0.29) is 23.5 Å². The minimum Gasteiger partial charge on any atom is -0.445 e. The third-order valence-corrected chi connectivity index (χ3v) is 9.36. The van der Waals surface area contributed by atoms with Crippen molar-refractivity contribution in [2.75, 3.05) is 13.1 Å². The summed E-state index contributed by atoms with van der Waals surface area (Å²) in [6.07, 6.45) is 4.40. The van der Waals surface area contributed by atoms with E-state index in [0.29, 0.717) is 28.9 Å². The number of aromatic nitrogens is 4. The molecule has 11 heteroatoms. The molecule has 1 aliphatic rings. The topological polar surface area (TPSA) is 98.8 Å². The molecular formula is C28H26BrN5O4S. The van der Waals surface area contributed by atoms with Crippen molar-refractivity contribution >= 4 is 48.6 Å². The van der Waals surface area contributed by atoms with Crippen LogP contribution in [0.15, 0.2) is 82.8 Å². The Labute approximate surface area is 234 Å². The zero-order valence-electron chi connectivity index (χ0n) is 21.2. The second kappa shape index (κ2) is 10.1. The van der Waals surface area contributed by atoms with E-state index < -0.39 is 10.0 Å². The molecule has 4 heterocycles. The van der Waals surface area contributed by atoms with Gasteiger partial charge in [0.1, 0.15) is 12.9 Å².